The van der Waals surface area contributed by atoms with E-state index in [2.05, 4.69) is 17.0 Å². The van der Waals surface area contributed by atoms with Gasteiger partial charge < -0.3 is 14.2 Å². The number of rotatable bonds is 5. The van der Waals surface area contributed by atoms with E-state index >= 15 is 0 Å². The number of methoxy groups -OCH3 is 1. The number of benzene rings is 3. The smallest absolute Gasteiger partial charge is 0.231 e. The molecule has 2 heterocycles. The molecule has 5 rings (SSSR count). The molecule has 0 atom stereocenters. The third-order valence-electron chi connectivity index (χ3n) is 5.66. The van der Waals surface area contributed by atoms with Gasteiger partial charge in [0.25, 0.3) is 0 Å². The first-order valence-electron chi connectivity index (χ1n) is 10.3. The van der Waals surface area contributed by atoms with E-state index in [0.717, 1.165) is 35.6 Å². The Morgan fingerprint density at radius 3 is 2.61 bits per heavy atom. The fourth-order valence-corrected chi connectivity index (χ4v) is 3.93. The van der Waals surface area contributed by atoms with Crippen molar-refractivity contribution < 1.29 is 19.0 Å². The maximum Gasteiger partial charge on any atom is 0.231 e. The van der Waals surface area contributed by atoms with Crippen LogP contribution in [-0.2, 0) is 13.0 Å². The van der Waals surface area contributed by atoms with Gasteiger partial charge in [-0.25, -0.2) is 0 Å². The van der Waals surface area contributed by atoms with Gasteiger partial charge in [0.15, 0.2) is 5.76 Å². The van der Waals surface area contributed by atoms with Crippen LogP contribution in [-0.4, -0.2) is 31.1 Å². The minimum absolute atomic E-state index is 0.0861. The number of carbonyl (C=O) groups excluding carboxylic acids is 1. The number of ketones is 1. The van der Waals surface area contributed by atoms with E-state index in [-0.39, 0.29) is 5.78 Å². The van der Waals surface area contributed by atoms with Crippen molar-refractivity contribution in [3.05, 3.63) is 94.7 Å². The van der Waals surface area contributed by atoms with Crippen molar-refractivity contribution in [3.8, 4) is 17.2 Å². The predicted molar refractivity (Wildman–Crippen MR) is 118 cm³/mol. The Kier molecular flexibility index (Phi) is 5.18. The molecule has 0 fully saturated rings. The number of hydrogen-bond acceptors (Lipinski definition) is 5. The van der Waals surface area contributed by atoms with Crippen molar-refractivity contribution in [3.63, 3.8) is 0 Å². The summed E-state index contributed by atoms with van der Waals surface area (Å²) in [7, 11) is 1.67. The number of nitrogens with zero attached hydrogens (tertiary/aromatic N) is 1. The summed E-state index contributed by atoms with van der Waals surface area (Å²) in [6.45, 7) is 2.04. The Hall–Kier alpha value is -3.57. The van der Waals surface area contributed by atoms with E-state index in [0.29, 0.717) is 30.3 Å². The van der Waals surface area contributed by atoms with Gasteiger partial charge in [-0.1, -0.05) is 42.5 Å². The molecule has 0 spiro atoms. The van der Waals surface area contributed by atoms with Crippen LogP contribution < -0.4 is 14.2 Å². The summed E-state index contributed by atoms with van der Waals surface area (Å²) in [5.74, 6) is 2.53. The lowest BCUT2D eigenvalue weighted by molar-refractivity contribution is 0.0949. The summed E-state index contributed by atoms with van der Waals surface area (Å²) in [6, 6.07) is 21.5. The first-order chi connectivity index (χ1) is 15.2. The van der Waals surface area contributed by atoms with Crippen LogP contribution in [0.2, 0.25) is 0 Å². The molecule has 0 N–H and O–H groups in total. The van der Waals surface area contributed by atoms with Gasteiger partial charge in [0.1, 0.15) is 24.0 Å². The lowest BCUT2D eigenvalue weighted by Gasteiger charge is -2.29. The van der Waals surface area contributed by atoms with Gasteiger partial charge in [-0.05, 0) is 47.9 Å². The molecule has 0 aromatic heterocycles. The molecule has 0 radical (unpaired) electrons. The van der Waals surface area contributed by atoms with Crippen LogP contribution in [0.25, 0.3) is 6.08 Å². The number of allylic oxidation sites excluding steroid dienone is 1. The van der Waals surface area contributed by atoms with Crippen molar-refractivity contribution in [1.82, 2.24) is 4.90 Å². The molecule has 156 valence electrons. The molecule has 3 aromatic rings. The maximum atomic E-state index is 12.9. The SMILES string of the molecule is COc1ccc(CCN2COc3ccc4c(c3C2)O/C(=C\c2ccccc2)C4=O)cc1. The molecule has 0 amide bonds. The molecular weight excluding hydrogens is 390 g/mol. The van der Waals surface area contributed by atoms with Crippen molar-refractivity contribution in [2.45, 2.75) is 13.0 Å². The minimum atomic E-state index is -0.0861. The molecule has 0 unspecified atom stereocenters. The summed E-state index contributed by atoms with van der Waals surface area (Å²) >= 11 is 0. The van der Waals surface area contributed by atoms with E-state index in [9.17, 15) is 4.79 Å². The summed E-state index contributed by atoms with van der Waals surface area (Å²) in [5, 5.41) is 0. The van der Waals surface area contributed by atoms with Crippen molar-refractivity contribution in [1.29, 1.82) is 0 Å². The zero-order valence-corrected chi connectivity index (χ0v) is 17.3. The van der Waals surface area contributed by atoms with E-state index in [4.69, 9.17) is 14.2 Å². The van der Waals surface area contributed by atoms with E-state index in [1.807, 2.05) is 48.5 Å². The van der Waals surface area contributed by atoms with Gasteiger partial charge in [0, 0.05) is 13.1 Å². The maximum absolute atomic E-state index is 12.9. The first-order valence-corrected chi connectivity index (χ1v) is 10.3. The molecule has 2 aliphatic rings. The summed E-state index contributed by atoms with van der Waals surface area (Å²) < 4.78 is 17.2. The van der Waals surface area contributed by atoms with Crippen LogP contribution in [0.3, 0.4) is 0 Å². The number of hydrogen-bond donors (Lipinski definition) is 0. The Bertz CT molecular complexity index is 1140. The quantitative estimate of drug-likeness (QED) is 0.567. The molecule has 5 nitrogen and oxygen atoms in total. The zero-order valence-electron chi connectivity index (χ0n) is 17.3. The fourth-order valence-electron chi connectivity index (χ4n) is 3.93. The van der Waals surface area contributed by atoms with Crippen LogP contribution >= 0.6 is 0 Å². The number of carbonyl (C=O) groups is 1. The van der Waals surface area contributed by atoms with E-state index in [1.165, 1.54) is 5.56 Å². The third-order valence-corrected chi connectivity index (χ3v) is 5.66. The second-order valence-corrected chi connectivity index (χ2v) is 7.69. The highest BCUT2D eigenvalue weighted by molar-refractivity contribution is 6.15. The van der Waals surface area contributed by atoms with E-state index < -0.39 is 0 Å². The fraction of sp³-hybridized carbons (Fsp3) is 0.192. The van der Waals surface area contributed by atoms with Crippen LogP contribution in [0.15, 0.2) is 72.5 Å². The summed E-state index contributed by atoms with van der Waals surface area (Å²) in [5.41, 5.74) is 3.71. The molecule has 2 aliphatic heterocycles. The Labute approximate surface area is 181 Å². The first kappa shape index (κ1) is 19.4. The largest absolute Gasteiger partial charge is 0.497 e. The highest BCUT2D eigenvalue weighted by atomic mass is 16.5. The molecule has 0 bridgehead atoms. The number of Topliss-reactive ketones (excluding diaryl/α,β-unsaturated/α-hetero) is 1. The second kappa shape index (κ2) is 8.28. The Balaban J connectivity index is 1.33. The average molecular weight is 413 g/mol. The summed E-state index contributed by atoms with van der Waals surface area (Å²) in [4.78, 5) is 15.1. The lowest BCUT2D eigenvalue weighted by Crippen LogP contribution is -2.33. The lowest BCUT2D eigenvalue weighted by atomic mass is 10.0. The number of fused-ring (bicyclic) bond motifs is 3. The van der Waals surface area contributed by atoms with Gasteiger partial charge in [-0.3, -0.25) is 9.69 Å². The molecule has 0 saturated carbocycles. The predicted octanol–water partition coefficient (Wildman–Crippen LogP) is 4.71. The molecule has 5 heteroatoms. The van der Waals surface area contributed by atoms with Crippen LogP contribution in [0.5, 0.6) is 17.2 Å². The van der Waals surface area contributed by atoms with Gasteiger partial charge in [0.2, 0.25) is 5.78 Å². The average Bonchev–Trinajstić information content (AvgIpc) is 3.14. The van der Waals surface area contributed by atoms with Gasteiger partial charge >= 0.3 is 0 Å². The van der Waals surface area contributed by atoms with Crippen LogP contribution in [0.1, 0.15) is 27.0 Å². The standard InChI is InChI=1S/C26H23NO4/c1-29-20-9-7-18(8-10-20)13-14-27-16-22-23(30-17-27)12-11-21-25(28)24(31-26(21)22)15-19-5-3-2-4-6-19/h2-12,15H,13-14,16-17H2,1H3/b24-15-. The molecule has 0 aliphatic carbocycles. The molecule has 0 saturated heterocycles. The monoisotopic (exact) mass is 413 g/mol. The highest BCUT2D eigenvalue weighted by Gasteiger charge is 2.33. The van der Waals surface area contributed by atoms with Gasteiger partial charge in [-0.2, -0.15) is 0 Å². The normalized spacial score (nSPS) is 16.4. The molecule has 3 aromatic carbocycles. The minimum Gasteiger partial charge on any atom is -0.497 e. The van der Waals surface area contributed by atoms with Crippen molar-refractivity contribution in [2.24, 2.45) is 0 Å². The van der Waals surface area contributed by atoms with Crippen LogP contribution in [0, 0.1) is 0 Å². The van der Waals surface area contributed by atoms with Gasteiger partial charge in [-0.15, -0.1) is 0 Å². The second-order valence-electron chi connectivity index (χ2n) is 7.69. The van der Waals surface area contributed by atoms with Crippen molar-refractivity contribution >= 4 is 11.9 Å². The molecular formula is C26H23NO4. The Morgan fingerprint density at radius 1 is 1.03 bits per heavy atom. The molecule has 31 heavy (non-hydrogen) atoms. The topological polar surface area (TPSA) is 48.0 Å². The third kappa shape index (κ3) is 3.92. The van der Waals surface area contributed by atoms with E-state index in [1.54, 1.807) is 19.3 Å². The Morgan fingerprint density at radius 2 is 1.84 bits per heavy atom. The van der Waals surface area contributed by atoms with Crippen molar-refractivity contribution in [2.75, 3.05) is 20.4 Å². The zero-order chi connectivity index (χ0) is 21.2. The summed E-state index contributed by atoms with van der Waals surface area (Å²) in [6.07, 6.45) is 2.69. The number of ether oxygens (including phenoxy) is 3. The van der Waals surface area contributed by atoms with Gasteiger partial charge in [0.05, 0.1) is 18.2 Å². The highest BCUT2D eigenvalue weighted by Crippen LogP contribution is 2.42. The van der Waals surface area contributed by atoms with Crippen LogP contribution in [0.4, 0.5) is 0 Å².